The minimum atomic E-state index is 0.335. The second kappa shape index (κ2) is 7.25. The van der Waals surface area contributed by atoms with E-state index in [2.05, 4.69) is 22.3 Å². The number of ether oxygens (including phenoxy) is 2. The van der Waals surface area contributed by atoms with Crippen molar-refractivity contribution >= 4 is 0 Å². The molecular formula is C17H26N2O2. The van der Waals surface area contributed by atoms with E-state index in [1.165, 1.54) is 24.9 Å². The zero-order chi connectivity index (χ0) is 14.5. The van der Waals surface area contributed by atoms with Crippen molar-refractivity contribution in [2.75, 3.05) is 32.8 Å². The van der Waals surface area contributed by atoms with Gasteiger partial charge in [0.2, 0.25) is 0 Å². The fraction of sp³-hybridized carbons (Fsp3) is 0.647. The largest absolute Gasteiger partial charge is 0.494 e. The van der Waals surface area contributed by atoms with Gasteiger partial charge in [0.1, 0.15) is 5.75 Å². The summed E-state index contributed by atoms with van der Waals surface area (Å²) >= 11 is 0. The second-order valence-corrected chi connectivity index (χ2v) is 5.95. The molecular weight excluding hydrogens is 264 g/mol. The van der Waals surface area contributed by atoms with Crippen LogP contribution in [0.1, 0.15) is 25.3 Å². The first-order chi connectivity index (χ1) is 10.3. The van der Waals surface area contributed by atoms with Gasteiger partial charge >= 0.3 is 0 Å². The fourth-order valence-electron chi connectivity index (χ4n) is 3.26. The first-order valence-electron chi connectivity index (χ1n) is 8.13. The van der Waals surface area contributed by atoms with Crippen LogP contribution in [0.4, 0.5) is 0 Å². The number of fused-ring (bicyclic) bond motifs is 1. The average Bonchev–Trinajstić information content (AvgIpc) is 2.97. The molecule has 4 heteroatoms. The maximum atomic E-state index is 5.96. The minimum absolute atomic E-state index is 0.335. The van der Waals surface area contributed by atoms with Gasteiger partial charge in [-0.1, -0.05) is 12.1 Å². The van der Waals surface area contributed by atoms with Gasteiger partial charge in [0, 0.05) is 25.7 Å². The molecule has 2 heterocycles. The van der Waals surface area contributed by atoms with Crippen molar-refractivity contribution in [3.63, 3.8) is 0 Å². The van der Waals surface area contributed by atoms with Gasteiger partial charge in [-0.3, -0.25) is 4.90 Å². The van der Waals surface area contributed by atoms with Crippen LogP contribution in [0.5, 0.6) is 5.75 Å². The van der Waals surface area contributed by atoms with Gasteiger partial charge in [0.05, 0.1) is 19.3 Å². The summed E-state index contributed by atoms with van der Waals surface area (Å²) < 4.78 is 11.4. The van der Waals surface area contributed by atoms with E-state index in [9.17, 15) is 0 Å². The molecule has 4 nitrogen and oxygen atoms in total. The monoisotopic (exact) mass is 290 g/mol. The molecule has 0 spiro atoms. The summed E-state index contributed by atoms with van der Waals surface area (Å²) in [5.41, 5.74) is 1.29. The van der Waals surface area contributed by atoms with Crippen molar-refractivity contribution in [1.29, 1.82) is 0 Å². The van der Waals surface area contributed by atoms with E-state index in [0.717, 1.165) is 32.0 Å². The number of morpholine rings is 1. The molecule has 0 aromatic heterocycles. The van der Waals surface area contributed by atoms with Crippen LogP contribution in [0.2, 0.25) is 0 Å². The highest BCUT2D eigenvalue weighted by Crippen LogP contribution is 2.22. The SMILES string of the molecule is CCOc1ccc(CNCC2CN3CCCC3CO2)cc1. The first kappa shape index (κ1) is 14.8. The number of rotatable bonds is 6. The van der Waals surface area contributed by atoms with Crippen LogP contribution in [-0.2, 0) is 11.3 Å². The summed E-state index contributed by atoms with van der Waals surface area (Å²) in [7, 11) is 0. The third-order valence-electron chi connectivity index (χ3n) is 4.40. The second-order valence-electron chi connectivity index (χ2n) is 5.95. The molecule has 0 amide bonds. The number of benzene rings is 1. The van der Waals surface area contributed by atoms with E-state index >= 15 is 0 Å². The van der Waals surface area contributed by atoms with Crippen LogP contribution in [-0.4, -0.2) is 49.9 Å². The molecule has 1 aromatic rings. The summed E-state index contributed by atoms with van der Waals surface area (Å²) in [6.45, 7) is 7.78. The minimum Gasteiger partial charge on any atom is -0.494 e. The van der Waals surface area contributed by atoms with Crippen molar-refractivity contribution < 1.29 is 9.47 Å². The topological polar surface area (TPSA) is 33.7 Å². The summed E-state index contributed by atoms with van der Waals surface area (Å²) in [6, 6.07) is 9.00. The molecule has 2 unspecified atom stereocenters. The standard InChI is InChI=1S/C17H26N2O2/c1-2-20-16-7-5-14(6-8-16)10-18-11-17-12-19-9-3-4-15(19)13-21-17/h5-8,15,17-18H,2-4,9-13H2,1H3. The molecule has 0 aliphatic carbocycles. The van der Waals surface area contributed by atoms with Crippen molar-refractivity contribution in [3.8, 4) is 5.75 Å². The molecule has 3 rings (SSSR count). The van der Waals surface area contributed by atoms with Gasteiger partial charge in [0.15, 0.2) is 0 Å². The molecule has 2 atom stereocenters. The van der Waals surface area contributed by atoms with E-state index in [1.807, 2.05) is 19.1 Å². The Balaban J connectivity index is 1.39. The number of hydrogen-bond donors (Lipinski definition) is 1. The lowest BCUT2D eigenvalue weighted by Gasteiger charge is -2.35. The quantitative estimate of drug-likeness (QED) is 0.869. The summed E-state index contributed by atoms with van der Waals surface area (Å²) in [4.78, 5) is 2.59. The van der Waals surface area contributed by atoms with Crippen molar-refractivity contribution in [1.82, 2.24) is 10.2 Å². The van der Waals surface area contributed by atoms with Crippen LogP contribution < -0.4 is 10.1 Å². The van der Waals surface area contributed by atoms with Crippen molar-refractivity contribution in [2.24, 2.45) is 0 Å². The molecule has 0 saturated carbocycles. The molecule has 2 fully saturated rings. The molecule has 2 aliphatic heterocycles. The molecule has 0 bridgehead atoms. The van der Waals surface area contributed by atoms with Gasteiger partial charge in [-0.05, 0) is 44.0 Å². The van der Waals surface area contributed by atoms with E-state index < -0.39 is 0 Å². The highest BCUT2D eigenvalue weighted by atomic mass is 16.5. The third kappa shape index (κ3) is 3.96. The Labute approximate surface area is 127 Å². The normalized spacial score (nSPS) is 25.8. The molecule has 116 valence electrons. The number of nitrogens with one attached hydrogen (secondary N) is 1. The van der Waals surface area contributed by atoms with E-state index in [-0.39, 0.29) is 0 Å². The lowest BCUT2D eigenvalue weighted by atomic mass is 10.2. The van der Waals surface area contributed by atoms with Crippen LogP contribution >= 0.6 is 0 Å². The molecule has 0 radical (unpaired) electrons. The molecule has 2 saturated heterocycles. The maximum absolute atomic E-state index is 5.96. The Hall–Kier alpha value is -1.10. The van der Waals surface area contributed by atoms with Gasteiger partial charge in [-0.25, -0.2) is 0 Å². The Bertz CT molecular complexity index is 435. The third-order valence-corrected chi connectivity index (χ3v) is 4.40. The first-order valence-corrected chi connectivity index (χ1v) is 8.13. The van der Waals surface area contributed by atoms with Crippen molar-refractivity contribution in [3.05, 3.63) is 29.8 Å². The van der Waals surface area contributed by atoms with E-state index in [4.69, 9.17) is 9.47 Å². The summed E-state index contributed by atoms with van der Waals surface area (Å²) in [6.07, 6.45) is 2.98. The summed E-state index contributed by atoms with van der Waals surface area (Å²) in [5.74, 6) is 0.942. The van der Waals surface area contributed by atoms with Gasteiger partial charge in [-0.2, -0.15) is 0 Å². The van der Waals surface area contributed by atoms with Crippen LogP contribution in [0.25, 0.3) is 0 Å². The van der Waals surface area contributed by atoms with Crippen LogP contribution in [0, 0.1) is 0 Å². The molecule has 21 heavy (non-hydrogen) atoms. The van der Waals surface area contributed by atoms with Crippen LogP contribution in [0.15, 0.2) is 24.3 Å². The Morgan fingerprint density at radius 1 is 1.33 bits per heavy atom. The zero-order valence-electron chi connectivity index (χ0n) is 12.9. The molecule has 1 aromatic carbocycles. The molecule has 1 N–H and O–H groups in total. The Morgan fingerprint density at radius 2 is 2.19 bits per heavy atom. The average molecular weight is 290 g/mol. The predicted octanol–water partition coefficient (Wildman–Crippen LogP) is 2.04. The maximum Gasteiger partial charge on any atom is 0.119 e. The summed E-state index contributed by atoms with van der Waals surface area (Å²) in [5, 5.41) is 3.51. The van der Waals surface area contributed by atoms with Crippen LogP contribution in [0.3, 0.4) is 0 Å². The van der Waals surface area contributed by atoms with E-state index in [0.29, 0.717) is 18.8 Å². The van der Waals surface area contributed by atoms with Gasteiger partial charge < -0.3 is 14.8 Å². The Morgan fingerprint density at radius 3 is 3.00 bits per heavy atom. The van der Waals surface area contributed by atoms with Gasteiger partial charge in [0.25, 0.3) is 0 Å². The Kier molecular flexibility index (Phi) is 5.12. The van der Waals surface area contributed by atoms with Gasteiger partial charge in [-0.15, -0.1) is 0 Å². The molecule has 2 aliphatic rings. The zero-order valence-corrected chi connectivity index (χ0v) is 12.9. The lowest BCUT2D eigenvalue weighted by Crippen LogP contribution is -2.49. The highest BCUT2D eigenvalue weighted by Gasteiger charge is 2.31. The fourth-order valence-corrected chi connectivity index (χ4v) is 3.26. The number of hydrogen-bond acceptors (Lipinski definition) is 4. The van der Waals surface area contributed by atoms with Crippen molar-refractivity contribution in [2.45, 2.75) is 38.5 Å². The number of nitrogens with zero attached hydrogens (tertiary/aromatic N) is 1. The highest BCUT2D eigenvalue weighted by molar-refractivity contribution is 5.27. The smallest absolute Gasteiger partial charge is 0.119 e. The lowest BCUT2D eigenvalue weighted by molar-refractivity contribution is -0.0470. The van der Waals surface area contributed by atoms with E-state index in [1.54, 1.807) is 0 Å². The predicted molar refractivity (Wildman–Crippen MR) is 83.7 cm³/mol.